The molecular formula is C7H15ClOSi. The van der Waals surface area contributed by atoms with E-state index in [1.165, 1.54) is 0 Å². The predicted molar refractivity (Wildman–Crippen MR) is 48.7 cm³/mol. The maximum Gasteiger partial charge on any atom is 0.289 e. The van der Waals surface area contributed by atoms with E-state index in [0.29, 0.717) is 6.61 Å². The first-order valence-electron chi connectivity index (χ1n) is 3.62. The van der Waals surface area contributed by atoms with Crippen molar-refractivity contribution in [1.29, 1.82) is 0 Å². The Balaban J connectivity index is 3.68. The number of hydrogen-bond donors (Lipinski definition) is 0. The Kier molecular flexibility index (Phi) is 5.04. The van der Waals surface area contributed by atoms with Crippen LogP contribution >= 0.6 is 11.1 Å². The molecule has 0 aliphatic heterocycles. The van der Waals surface area contributed by atoms with E-state index in [1.54, 1.807) is 6.08 Å². The molecule has 60 valence electrons. The Morgan fingerprint density at radius 2 is 2.00 bits per heavy atom. The van der Waals surface area contributed by atoms with Gasteiger partial charge in [0, 0.05) is 0 Å². The molecule has 0 aromatic heterocycles. The Morgan fingerprint density at radius 1 is 1.50 bits per heavy atom. The van der Waals surface area contributed by atoms with Crippen molar-refractivity contribution in [1.82, 2.24) is 0 Å². The lowest BCUT2D eigenvalue weighted by molar-refractivity contribution is 0.359. The third kappa shape index (κ3) is 3.39. The lowest BCUT2D eigenvalue weighted by atomic mass is 10.7. The van der Waals surface area contributed by atoms with Gasteiger partial charge in [0.05, 0.1) is 6.61 Å². The highest BCUT2D eigenvalue weighted by Gasteiger charge is 2.27. The van der Waals surface area contributed by atoms with Crippen LogP contribution in [0.5, 0.6) is 0 Å². The molecule has 0 N–H and O–H groups in total. The first-order chi connectivity index (χ1) is 4.68. The van der Waals surface area contributed by atoms with Crippen LogP contribution in [0.2, 0.25) is 12.1 Å². The maximum atomic E-state index is 6.16. The van der Waals surface area contributed by atoms with E-state index in [-0.39, 0.29) is 0 Å². The number of hydrogen-bond acceptors (Lipinski definition) is 1. The summed E-state index contributed by atoms with van der Waals surface area (Å²) in [6.07, 6.45) is 1.75. The lowest BCUT2D eigenvalue weighted by Crippen LogP contribution is -2.29. The molecule has 0 spiro atoms. The average Bonchev–Trinajstić information content (AvgIpc) is 2.00. The molecule has 0 radical (unpaired) electrons. The normalized spacial score (nSPS) is 11.5. The summed E-state index contributed by atoms with van der Waals surface area (Å²) in [5, 5.41) is 0. The molecule has 0 aromatic rings. The van der Waals surface area contributed by atoms with Gasteiger partial charge in [-0.25, -0.2) is 0 Å². The average molecular weight is 179 g/mol. The van der Waals surface area contributed by atoms with Crippen LogP contribution in [0, 0.1) is 0 Å². The van der Waals surface area contributed by atoms with Crippen molar-refractivity contribution in [3.8, 4) is 0 Å². The van der Waals surface area contributed by atoms with Crippen LogP contribution in [-0.4, -0.2) is 14.2 Å². The molecule has 0 rings (SSSR count). The van der Waals surface area contributed by atoms with Gasteiger partial charge in [-0.1, -0.05) is 19.9 Å². The van der Waals surface area contributed by atoms with Gasteiger partial charge in [0.1, 0.15) is 0 Å². The van der Waals surface area contributed by atoms with Gasteiger partial charge in [-0.2, -0.15) is 0 Å². The highest BCUT2D eigenvalue weighted by atomic mass is 35.6. The van der Waals surface area contributed by atoms with Crippen LogP contribution in [0.25, 0.3) is 0 Å². The fraction of sp³-hybridized carbons (Fsp3) is 0.714. The highest BCUT2D eigenvalue weighted by molar-refractivity contribution is 7.16. The quantitative estimate of drug-likeness (QED) is 0.358. The zero-order valence-corrected chi connectivity index (χ0v) is 8.45. The Hall–Kier alpha value is 0.207. The summed E-state index contributed by atoms with van der Waals surface area (Å²) < 4.78 is 5.46. The highest BCUT2D eigenvalue weighted by Crippen LogP contribution is 2.20. The second kappa shape index (κ2) is 4.94. The summed E-state index contributed by atoms with van der Waals surface area (Å²) in [5.41, 5.74) is 0. The molecule has 0 unspecified atom stereocenters. The third-order valence-corrected chi connectivity index (χ3v) is 6.24. The zero-order chi connectivity index (χ0) is 8.04. The minimum Gasteiger partial charge on any atom is -0.399 e. The molecule has 0 saturated heterocycles. The van der Waals surface area contributed by atoms with Crippen LogP contribution in [0.15, 0.2) is 12.7 Å². The van der Waals surface area contributed by atoms with Crippen molar-refractivity contribution >= 4 is 18.7 Å². The summed E-state index contributed by atoms with van der Waals surface area (Å²) in [4.78, 5) is 0. The van der Waals surface area contributed by atoms with E-state index in [4.69, 9.17) is 15.5 Å². The topological polar surface area (TPSA) is 9.23 Å². The minimum absolute atomic E-state index is 0.595. The van der Waals surface area contributed by atoms with E-state index in [2.05, 4.69) is 20.4 Å². The number of halogens is 1. The van der Waals surface area contributed by atoms with Crippen molar-refractivity contribution in [2.45, 2.75) is 25.9 Å². The predicted octanol–water partition coefficient (Wildman–Crippen LogP) is 2.91. The molecule has 0 fully saturated rings. The van der Waals surface area contributed by atoms with Crippen LogP contribution in [0.1, 0.15) is 13.8 Å². The largest absolute Gasteiger partial charge is 0.399 e. The molecule has 0 aromatic carbocycles. The van der Waals surface area contributed by atoms with E-state index in [0.717, 1.165) is 12.1 Å². The molecule has 0 atom stereocenters. The SMILES string of the molecule is C=CCO[Si](Cl)(CC)CC. The Bertz CT molecular complexity index is 102. The van der Waals surface area contributed by atoms with Gasteiger partial charge < -0.3 is 4.43 Å². The first-order valence-corrected chi connectivity index (χ1v) is 6.95. The third-order valence-electron chi connectivity index (χ3n) is 1.52. The maximum absolute atomic E-state index is 6.16. The smallest absolute Gasteiger partial charge is 0.289 e. The number of rotatable bonds is 5. The summed E-state index contributed by atoms with van der Waals surface area (Å²) in [6.45, 7) is 8.32. The summed E-state index contributed by atoms with van der Waals surface area (Å²) in [6, 6.07) is 1.94. The lowest BCUT2D eigenvalue weighted by Gasteiger charge is -2.19. The first kappa shape index (κ1) is 10.2. The second-order valence-electron chi connectivity index (χ2n) is 2.19. The van der Waals surface area contributed by atoms with E-state index < -0.39 is 7.63 Å². The Morgan fingerprint density at radius 3 is 2.30 bits per heavy atom. The van der Waals surface area contributed by atoms with Crippen molar-refractivity contribution < 1.29 is 4.43 Å². The standard InChI is InChI=1S/C7H15ClOSi/c1-4-7-9-10(8,5-2)6-3/h4H,1,5-7H2,2-3H3. The van der Waals surface area contributed by atoms with Crippen molar-refractivity contribution in [3.63, 3.8) is 0 Å². The fourth-order valence-electron chi connectivity index (χ4n) is 0.662. The van der Waals surface area contributed by atoms with Gasteiger partial charge in [-0.3, -0.25) is 0 Å². The van der Waals surface area contributed by atoms with Gasteiger partial charge >= 0.3 is 0 Å². The van der Waals surface area contributed by atoms with E-state index >= 15 is 0 Å². The molecule has 1 nitrogen and oxygen atoms in total. The summed E-state index contributed by atoms with van der Waals surface area (Å²) in [5.74, 6) is 0. The van der Waals surface area contributed by atoms with Gasteiger partial charge in [-0.05, 0) is 12.1 Å². The van der Waals surface area contributed by atoms with Crippen LogP contribution < -0.4 is 0 Å². The fourth-order valence-corrected chi connectivity index (χ4v) is 2.18. The molecule has 0 bridgehead atoms. The van der Waals surface area contributed by atoms with E-state index in [1.807, 2.05) is 0 Å². The second-order valence-corrected chi connectivity index (χ2v) is 7.73. The van der Waals surface area contributed by atoms with Crippen molar-refractivity contribution in [2.75, 3.05) is 6.61 Å². The molecule has 0 aliphatic carbocycles. The van der Waals surface area contributed by atoms with Crippen LogP contribution in [0.4, 0.5) is 0 Å². The molecule has 0 heterocycles. The molecular weight excluding hydrogens is 164 g/mol. The van der Waals surface area contributed by atoms with Crippen LogP contribution in [-0.2, 0) is 4.43 Å². The molecule has 0 aliphatic rings. The van der Waals surface area contributed by atoms with Crippen molar-refractivity contribution in [3.05, 3.63) is 12.7 Å². The van der Waals surface area contributed by atoms with E-state index in [9.17, 15) is 0 Å². The van der Waals surface area contributed by atoms with Gasteiger partial charge in [0.15, 0.2) is 0 Å². The van der Waals surface area contributed by atoms with Gasteiger partial charge in [0.25, 0.3) is 7.63 Å². The van der Waals surface area contributed by atoms with Gasteiger partial charge in [-0.15, -0.1) is 17.7 Å². The van der Waals surface area contributed by atoms with Crippen LogP contribution in [0.3, 0.4) is 0 Å². The minimum atomic E-state index is -1.82. The molecule has 3 heteroatoms. The monoisotopic (exact) mass is 178 g/mol. The summed E-state index contributed by atoms with van der Waals surface area (Å²) in [7, 11) is -1.82. The zero-order valence-electron chi connectivity index (χ0n) is 6.69. The van der Waals surface area contributed by atoms with Gasteiger partial charge in [0.2, 0.25) is 0 Å². The summed E-state index contributed by atoms with van der Waals surface area (Å²) >= 11 is 6.16. The molecule has 0 amide bonds. The van der Waals surface area contributed by atoms with Crippen molar-refractivity contribution in [2.24, 2.45) is 0 Å². The Labute approximate surface area is 68.9 Å². The molecule has 0 saturated carbocycles. The molecule has 10 heavy (non-hydrogen) atoms.